The van der Waals surface area contributed by atoms with Crippen LogP contribution >= 0.6 is 23.1 Å². The summed E-state index contributed by atoms with van der Waals surface area (Å²) in [6, 6.07) is 10.1. The molecular weight excluding hydrogens is 412 g/mol. The first-order chi connectivity index (χ1) is 14.1. The van der Waals surface area contributed by atoms with Gasteiger partial charge in [-0.2, -0.15) is 0 Å². The fourth-order valence-electron chi connectivity index (χ4n) is 2.97. The fourth-order valence-corrected chi connectivity index (χ4v) is 4.87. The molecule has 0 N–H and O–H groups in total. The Labute approximate surface area is 174 Å². The zero-order chi connectivity index (χ0) is 20.4. The third kappa shape index (κ3) is 4.09. The highest BCUT2D eigenvalue weighted by atomic mass is 32.2. The molecule has 0 atom stereocenters. The van der Waals surface area contributed by atoms with Crippen LogP contribution in [0, 0.1) is 11.6 Å². The Hall–Kier alpha value is -2.58. The van der Waals surface area contributed by atoms with Crippen molar-refractivity contribution in [1.82, 2.24) is 14.5 Å². The van der Waals surface area contributed by atoms with Gasteiger partial charge in [-0.15, -0.1) is 11.3 Å². The van der Waals surface area contributed by atoms with Crippen molar-refractivity contribution in [3.05, 3.63) is 80.5 Å². The van der Waals surface area contributed by atoms with Crippen LogP contribution in [-0.4, -0.2) is 14.5 Å². The summed E-state index contributed by atoms with van der Waals surface area (Å²) in [4.78, 5) is 22.3. The van der Waals surface area contributed by atoms with Gasteiger partial charge < -0.3 is 0 Å². The Morgan fingerprint density at radius 3 is 2.76 bits per heavy atom. The van der Waals surface area contributed by atoms with Crippen LogP contribution in [-0.2, 0) is 12.2 Å². The van der Waals surface area contributed by atoms with E-state index >= 15 is 0 Å². The zero-order valence-corrected chi connectivity index (χ0v) is 17.2. The molecule has 8 heteroatoms. The molecule has 4 rings (SSSR count). The summed E-state index contributed by atoms with van der Waals surface area (Å²) < 4.78 is 29.1. The van der Waals surface area contributed by atoms with Gasteiger partial charge in [0, 0.05) is 17.2 Å². The molecule has 2 aromatic heterocycles. The van der Waals surface area contributed by atoms with Crippen molar-refractivity contribution in [2.24, 2.45) is 0 Å². The average molecular weight is 430 g/mol. The fraction of sp³-hybridized carbons (Fsp3) is 0.190. The highest BCUT2D eigenvalue weighted by Gasteiger charge is 2.17. The molecule has 0 fully saturated rings. The lowest BCUT2D eigenvalue weighted by molar-refractivity contribution is 0.572. The van der Waals surface area contributed by atoms with E-state index in [1.54, 1.807) is 35.6 Å². The minimum Gasteiger partial charge on any atom is -0.268 e. The molecule has 0 saturated carbocycles. The number of aryl methyl sites for hydroxylation is 1. The van der Waals surface area contributed by atoms with Crippen molar-refractivity contribution in [2.45, 2.75) is 30.7 Å². The first-order valence-electron chi connectivity index (χ1n) is 9.10. The maximum atomic E-state index is 14.5. The number of rotatable bonds is 6. The number of hydrogen-bond acceptors (Lipinski definition) is 5. The zero-order valence-electron chi connectivity index (χ0n) is 15.6. The second-order valence-electron chi connectivity index (χ2n) is 6.42. The van der Waals surface area contributed by atoms with E-state index in [4.69, 9.17) is 0 Å². The largest absolute Gasteiger partial charge is 0.268 e. The Bertz CT molecular complexity index is 1240. The highest BCUT2D eigenvalue weighted by Crippen LogP contribution is 2.26. The number of para-hydroxylation sites is 1. The number of fused-ring (bicyclic) bond motifs is 1. The Balaban J connectivity index is 1.79. The lowest BCUT2D eigenvalue weighted by Crippen LogP contribution is -2.22. The van der Waals surface area contributed by atoms with E-state index in [0.29, 0.717) is 21.8 Å². The standard InChI is InChI=1S/C21H17F2N3OS2/c1-2-5-19-24-14(11-28-19)12-29-21-25-17-7-4-3-6-15(17)20(27)26(21)18-9-8-13(22)10-16(18)23/h3-4,6-11H,2,5,12H2,1H3. The topological polar surface area (TPSA) is 47.8 Å². The van der Waals surface area contributed by atoms with Crippen molar-refractivity contribution in [2.75, 3.05) is 0 Å². The van der Waals surface area contributed by atoms with E-state index in [9.17, 15) is 13.6 Å². The van der Waals surface area contributed by atoms with Crippen LogP contribution in [0.25, 0.3) is 16.6 Å². The summed E-state index contributed by atoms with van der Waals surface area (Å²) in [6.45, 7) is 2.10. The highest BCUT2D eigenvalue weighted by molar-refractivity contribution is 7.98. The van der Waals surface area contributed by atoms with Gasteiger partial charge >= 0.3 is 0 Å². The molecule has 2 heterocycles. The number of halogens is 2. The number of benzene rings is 2. The minimum absolute atomic E-state index is 0.0258. The van der Waals surface area contributed by atoms with Crippen molar-refractivity contribution >= 4 is 34.0 Å². The molecule has 0 aliphatic carbocycles. The van der Waals surface area contributed by atoms with Crippen LogP contribution in [0.4, 0.5) is 8.78 Å². The SMILES string of the molecule is CCCc1nc(CSc2nc3ccccc3c(=O)n2-c2ccc(F)cc2F)cs1. The Kier molecular flexibility index (Phi) is 5.73. The average Bonchev–Trinajstić information content (AvgIpc) is 3.15. The third-order valence-electron chi connectivity index (χ3n) is 4.31. The molecule has 0 bridgehead atoms. The van der Waals surface area contributed by atoms with Crippen LogP contribution in [0.2, 0.25) is 0 Å². The van der Waals surface area contributed by atoms with Crippen LogP contribution in [0.15, 0.2) is 57.8 Å². The summed E-state index contributed by atoms with van der Waals surface area (Å²) in [5.74, 6) is -1.02. The molecule has 0 aliphatic rings. The quantitative estimate of drug-likeness (QED) is 0.306. The number of thiazole rings is 1. The van der Waals surface area contributed by atoms with Gasteiger partial charge in [-0.1, -0.05) is 30.8 Å². The van der Waals surface area contributed by atoms with E-state index in [1.807, 2.05) is 5.38 Å². The molecule has 29 heavy (non-hydrogen) atoms. The summed E-state index contributed by atoms with van der Waals surface area (Å²) >= 11 is 2.91. The van der Waals surface area contributed by atoms with Gasteiger partial charge in [0.05, 0.1) is 27.3 Å². The molecule has 2 aromatic carbocycles. The van der Waals surface area contributed by atoms with E-state index < -0.39 is 17.2 Å². The summed E-state index contributed by atoms with van der Waals surface area (Å²) in [6.07, 6.45) is 1.95. The maximum Gasteiger partial charge on any atom is 0.266 e. The predicted molar refractivity (Wildman–Crippen MR) is 113 cm³/mol. The van der Waals surface area contributed by atoms with Crippen molar-refractivity contribution in [3.63, 3.8) is 0 Å². The lowest BCUT2D eigenvalue weighted by atomic mass is 10.2. The smallest absolute Gasteiger partial charge is 0.266 e. The molecule has 0 radical (unpaired) electrons. The monoisotopic (exact) mass is 429 g/mol. The molecule has 0 saturated heterocycles. The van der Waals surface area contributed by atoms with E-state index in [1.165, 1.54) is 22.4 Å². The molecule has 0 aliphatic heterocycles. The minimum atomic E-state index is -0.815. The molecule has 0 spiro atoms. The maximum absolute atomic E-state index is 14.5. The van der Waals surface area contributed by atoms with Gasteiger partial charge in [0.2, 0.25) is 0 Å². The molecular formula is C21H17F2N3OS2. The predicted octanol–water partition coefficient (Wildman–Crippen LogP) is 5.37. The molecule has 0 unspecified atom stereocenters. The van der Waals surface area contributed by atoms with Crippen LogP contribution in [0.3, 0.4) is 0 Å². The van der Waals surface area contributed by atoms with Crippen LogP contribution < -0.4 is 5.56 Å². The normalized spacial score (nSPS) is 11.3. The van der Waals surface area contributed by atoms with E-state index in [2.05, 4.69) is 16.9 Å². The van der Waals surface area contributed by atoms with Crippen molar-refractivity contribution in [1.29, 1.82) is 0 Å². The Morgan fingerprint density at radius 1 is 1.14 bits per heavy atom. The van der Waals surface area contributed by atoms with Gasteiger partial charge in [0.25, 0.3) is 5.56 Å². The Morgan fingerprint density at radius 2 is 1.97 bits per heavy atom. The van der Waals surface area contributed by atoms with Gasteiger partial charge in [-0.25, -0.2) is 18.7 Å². The molecule has 148 valence electrons. The van der Waals surface area contributed by atoms with E-state index in [-0.39, 0.29) is 5.69 Å². The summed E-state index contributed by atoms with van der Waals surface area (Å²) in [5.41, 5.74) is 0.997. The van der Waals surface area contributed by atoms with Gasteiger partial charge in [-0.05, 0) is 37.1 Å². The van der Waals surface area contributed by atoms with Crippen LogP contribution in [0.5, 0.6) is 0 Å². The van der Waals surface area contributed by atoms with Crippen LogP contribution in [0.1, 0.15) is 24.0 Å². The molecule has 4 nitrogen and oxygen atoms in total. The number of hydrogen-bond donors (Lipinski definition) is 0. The van der Waals surface area contributed by atoms with Crippen molar-refractivity contribution < 1.29 is 8.78 Å². The summed E-state index contributed by atoms with van der Waals surface area (Å²) in [7, 11) is 0. The lowest BCUT2D eigenvalue weighted by Gasteiger charge is -2.13. The summed E-state index contributed by atoms with van der Waals surface area (Å²) in [5, 5.41) is 3.76. The van der Waals surface area contributed by atoms with Gasteiger partial charge in [-0.3, -0.25) is 9.36 Å². The van der Waals surface area contributed by atoms with E-state index in [0.717, 1.165) is 35.7 Å². The third-order valence-corrected chi connectivity index (χ3v) is 6.24. The number of aromatic nitrogens is 3. The second kappa shape index (κ2) is 8.42. The molecule has 0 amide bonds. The van der Waals surface area contributed by atoms with Crippen molar-refractivity contribution in [3.8, 4) is 5.69 Å². The van der Waals surface area contributed by atoms with Gasteiger partial charge in [0.1, 0.15) is 11.6 Å². The molecule has 4 aromatic rings. The second-order valence-corrected chi connectivity index (χ2v) is 8.30. The first kappa shape index (κ1) is 19.7. The first-order valence-corrected chi connectivity index (χ1v) is 11.0. The number of thioether (sulfide) groups is 1. The van der Waals surface area contributed by atoms with Gasteiger partial charge in [0.15, 0.2) is 5.16 Å². The number of nitrogens with zero attached hydrogens (tertiary/aromatic N) is 3.